The van der Waals surface area contributed by atoms with E-state index in [1.54, 1.807) is 66.8 Å². The molecule has 0 unspecified atom stereocenters. The van der Waals surface area contributed by atoms with Crippen molar-refractivity contribution in [3.8, 4) is 0 Å². The summed E-state index contributed by atoms with van der Waals surface area (Å²) < 4.78 is 40.3. The molecular formula is C75H93BF2N5O4+. The number of carbonyl (C=O) groups excluding carboxylic acids is 1. The maximum absolute atomic E-state index is 17.8. The Labute approximate surface area is 517 Å². The maximum Gasteiger partial charge on any atom is 0.737 e. The van der Waals surface area contributed by atoms with E-state index in [0.29, 0.717) is 46.0 Å². The second-order valence-electron chi connectivity index (χ2n) is 24.8. The summed E-state index contributed by atoms with van der Waals surface area (Å²) >= 11 is 0. The van der Waals surface area contributed by atoms with Crippen molar-refractivity contribution >= 4 is 76.6 Å². The third kappa shape index (κ3) is 14.2. The maximum atomic E-state index is 17.8. The van der Waals surface area contributed by atoms with E-state index in [-0.39, 0.29) is 28.3 Å². The lowest BCUT2D eigenvalue weighted by Crippen LogP contribution is -2.51. The lowest BCUT2D eigenvalue weighted by molar-refractivity contribution is -0.438. The number of carboxylic acids is 1. The number of aliphatic hydroxyl groups is 1. The largest absolute Gasteiger partial charge is 0.737 e. The number of unbranched alkanes of at least 4 members (excludes halogenated alkanes) is 13. The van der Waals surface area contributed by atoms with Crippen molar-refractivity contribution in [2.24, 2.45) is 0 Å². The van der Waals surface area contributed by atoms with Gasteiger partial charge in [-0.15, -0.1) is 0 Å². The summed E-state index contributed by atoms with van der Waals surface area (Å²) in [7, 11) is 0. The first-order valence-electron chi connectivity index (χ1n) is 32.9. The van der Waals surface area contributed by atoms with Crippen LogP contribution in [0.5, 0.6) is 0 Å². The SMILES string of the molecule is CCCCCCCCCCCC[N+]1=C(/C=C2/C(=O)C(c3ccc(C4=C5C=CC(/C=C/c6ccc(N(CCCC)CCCC)cc6)=[N+]5[B-](F)(F)n5c(/C=C/c6ccc(N(CCCC)CCCC)cc6)ccc54)cc3)=C2O)C(C)(C)c2cc(C(=O)O)ccc21. The number of aromatic nitrogens is 1. The molecule has 87 heavy (non-hydrogen) atoms. The Morgan fingerprint density at radius 3 is 1.62 bits per heavy atom. The predicted molar refractivity (Wildman–Crippen MR) is 360 cm³/mol. The van der Waals surface area contributed by atoms with Crippen LogP contribution in [0.15, 0.2) is 144 Å². The van der Waals surface area contributed by atoms with Gasteiger partial charge in [-0.2, -0.15) is 4.58 Å². The van der Waals surface area contributed by atoms with Gasteiger partial charge in [0.25, 0.3) is 0 Å². The molecule has 0 bridgehead atoms. The molecule has 2 N–H and O–H groups in total. The van der Waals surface area contributed by atoms with E-state index in [0.717, 1.165) is 136 Å². The van der Waals surface area contributed by atoms with Crippen molar-refractivity contribution in [1.82, 2.24) is 4.48 Å². The molecule has 5 aromatic rings. The van der Waals surface area contributed by atoms with Gasteiger partial charge in [0, 0.05) is 91.3 Å². The van der Waals surface area contributed by atoms with Crippen LogP contribution in [-0.4, -0.2) is 86.6 Å². The van der Waals surface area contributed by atoms with Gasteiger partial charge in [0.2, 0.25) is 11.5 Å². The number of fused-ring (bicyclic) bond motifs is 3. The fourth-order valence-electron chi connectivity index (χ4n) is 13.0. The standard InChI is InChI=1S/C75H92BF2N5O4/c1-8-13-18-19-20-21-22-23-24-25-52-81-66-45-36-59(74(86)87)53-65(66)75(6,7)69(81)54-64-72(84)71(73(64)85)58-34-32-57(33-35-58)70-67-46-43-62(41-30-55-26-37-60(38-27-55)79(48-14-9-2)49-15-10-3)82(67)76(77,78)83-63(44-47-68(70)83)42-31-56-28-39-61(40-29-56)80(50-16-11-4)51-17-12-5/h26-47,53-54H,8-25,48-52H2,1-7H3,(H-,84,85,86,87)/p+1/b41-30+. The molecule has 0 saturated heterocycles. The van der Waals surface area contributed by atoms with E-state index >= 15 is 8.63 Å². The van der Waals surface area contributed by atoms with Gasteiger partial charge in [0.05, 0.1) is 27.7 Å². The summed E-state index contributed by atoms with van der Waals surface area (Å²) in [6, 6.07) is 32.9. The number of aromatic carboxylic acids is 1. The van der Waals surface area contributed by atoms with Crippen molar-refractivity contribution in [3.63, 3.8) is 0 Å². The Balaban J connectivity index is 1.03. The van der Waals surface area contributed by atoms with Gasteiger partial charge in [-0.05, 0) is 129 Å². The van der Waals surface area contributed by atoms with Crippen LogP contribution in [0.2, 0.25) is 0 Å². The number of anilines is 2. The Kier molecular flexibility index (Phi) is 21.6. The first-order valence-corrected chi connectivity index (χ1v) is 32.9. The number of halogens is 2. The second kappa shape index (κ2) is 29.4. The van der Waals surface area contributed by atoms with Gasteiger partial charge in [0.15, 0.2) is 17.1 Å². The molecule has 3 aliphatic heterocycles. The zero-order chi connectivity index (χ0) is 61.7. The minimum absolute atomic E-state index is 0.111. The summed E-state index contributed by atoms with van der Waals surface area (Å²) in [6.07, 6.45) is 33.6. The number of hydrogen-bond donors (Lipinski definition) is 2. The van der Waals surface area contributed by atoms with Crippen molar-refractivity contribution in [2.45, 2.75) is 169 Å². The topological polar surface area (TPSA) is 92.0 Å². The number of allylic oxidation sites excluding steroid dienone is 6. The summed E-state index contributed by atoms with van der Waals surface area (Å²) in [5.41, 5.74) is 9.99. The number of hydrogen-bond acceptors (Lipinski definition) is 5. The number of nitrogens with zero attached hydrogens (tertiary/aromatic N) is 5. The van der Waals surface area contributed by atoms with E-state index in [1.807, 2.05) is 44.2 Å². The number of carbonyl (C=O) groups is 2. The molecule has 9 rings (SSSR count). The van der Waals surface area contributed by atoms with Crippen LogP contribution in [-0.2, 0) is 10.2 Å². The third-order valence-electron chi connectivity index (χ3n) is 18.1. The Morgan fingerprint density at radius 1 is 0.598 bits per heavy atom. The minimum Gasteiger partial charge on any atom is -0.506 e. The summed E-state index contributed by atoms with van der Waals surface area (Å²) in [5, 5.41) is 21.9. The molecule has 0 radical (unpaired) electrons. The Morgan fingerprint density at radius 2 is 1.10 bits per heavy atom. The van der Waals surface area contributed by atoms with Crippen molar-refractivity contribution < 1.29 is 37.5 Å². The zero-order valence-electron chi connectivity index (χ0n) is 52.9. The van der Waals surface area contributed by atoms with E-state index < -0.39 is 18.4 Å². The smallest absolute Gasteiger partial charge is 0.506 e. The highest BCUT2D eigenvalue weighted by Crippen LogP contribution is 2.45. The van der Waals surface area contributed by atoms with Gasteiger partial charge < -0.3 is 37.6 Å². The number of Topliss-reactive ketones (excluding diaryl/α,β-unsaturated/α-hetero) is 1. The minimum atomic E-state index is -4.42. The molecule has 1 aliphatic carbocycles. The highest BCUT2D eigenvalue weighted by Gasteiger charge is 2.54. The van der Waals surface area contributed by atoms with Gasteiger partial charge in [-0.25, -0.2) is 4.79 Å². The van der Waals surface area contributed by atoms with Crippen LogP contribution in [0.3, 0.4) is 0 Å². The summed E-state index contributed by atoms with van der Waals surface area (Å²) in [6.45, 7) is 15.4. The molecule has 4 aliphatic rings. The van der Waals surface area contributed by atoms with Crippen molar-refractivity contribution in [3.05, 3.63) is 189 Å². The molecule has 458 valence electrons. The van der Waals surface area contributed by atoms with Crippen LogP contribution in [0.4, 0.5) is 25.7 Å². The molecule has 4 aromatic carbocycles. The Bertz CT molecular complexity index is 3500. The van der Waals surface area contributed by atoms with Gasteiger partial charge in [-0.3, -0.25) is 4.79 Å². The Hall–Kier alpha value is -7.60. The second-order valence-corrected chi connectivity index (χ2v) is 24.8. The molecule has 0 saturated carbocycles. The number of ketones is 1. The fourth-order valence-corrected chi connectivity index (χ4v) is 13.0. The van der Waals surface area contributed by atoms with Gasteiger partial charge in [0.1, 0.15) is 12.3 Å². The third-order valence-corrected chi connectivity index (χ3v) is 18.1. The lowest BCUT2D eigenvalue weighted by Gasteiger charge is -2.33. The molecular weight excluding hydrogens is 1080 g/mol. The normalized spacial score (nSPS) is 16.3. The summed E-state index contributed by atoms with van der Waals surface area (Å²) in [5.74, 6) is -1.41. The van der Waals surface area contributed by atoms with Gasteiger partial charge in [-0.1, -0.05) is 166 Å². The van der Waals surface area contributed by atoms with Crippen molar-refractivity contribution in [1.29, 1.82) is 0 Å². The van der Waals surface area contributed by atoms with E-state index in [4.69, 9.17) is 0 Å². The van der Waals surface area contributed by atoms with Crippen molar-refractivity contribution in [2.75, 3.05) is 42.5 Å². The quantitative estimate of drug-likeness (QED) is 0.0188. The van der Waals surface area contributed by atoms with Crippen LogP contribution in [0, 0.1) is 0 Å². The number of benzene rings is 4. The first-order chi connectivity index (χ1) is 42.2. The predicted octanol–water partition coefficient (Wildman–Crippen LogP) is 18.7. The molecule has 9 nitrogen and oxygen atoms in total. The highest BCUT2D eigenvalue weighted by atomic mass is 19.2. The van der Waals surface area contributed by atoms with E-state index in [1.165, 1.54) is 53.9 Å². The summed E-state index contributed by atoms with van der Waals surface area (Å²) in [4.78, 5) is 31.5. The average molecular weight is 1180 g/mol. The highest BCUT2D eigenvalue weighted by molar-refractivity contribution is 6.58. The molecule has 4 heterocycles. The van der Waals surface area contributed by atoms with E-state index in [2.05, 4.69) is 97.5 Å². The molecule has 0 spiro atoms. The molecule has 0 amide bonds. The molecule has 12 heteroatoms. The monoisotopic (exact) mass is 1180 g/mol. The lowest BCUT2D eigenvalue weighted by atomic mass is 9.77. The molecule has 0 atom stereocenters. The van der Waals surface area contributed by atoms with Crippen LogP contribution < -0.4 is 9.80 Å². The van der Waals surface area contributed by atoms with Gasteiger partial charge >= 0.3 is 12.9 Å². The molecule has 0 fully saturated rings. The zero-order valence-corrected chi connectivity index (χ0v) is 52.9. The number of rotatable bonds is 33. The van der Waals surface area contributed by atoms with Crippen LogP contribution in [0.25, 0.3) is 29.4 Å². The van der Waals surface area contributed by atoms with E-state index in [9.17, 15) is 19.8 Å². The molecule has 1 aromatic heterocycles. The average Bonchev–Trinajstić information content (AvgIpc) is 1.66. The first kappa shape index (κ1) is 63.9. The van der Waals surface area contributed by atoms with Crippen LogP contribution >= 0.6 is 0 Å². The van der Waals surface area contributed by atoms with Crippen LogP contribution in [0.1, 0.15) is 214 Å². The number of carboxylic acid groups (broad SMARTS) is 1. The number of aliphatic hydroxyl groups excluding tert-OH is 1. The fraction of sp³-hybridized carbons (Fsp3) is 0.413.